The molecule has 0 radical (unpaired) electrons. The van der Waals surface area contributed by atoms with Gasteiger partial charge in [-0.05, 0) is 57.1 Å². The third-order valence-corrected chi connectivity index (χ3v) is 4.92. The van der Waals surface area contributed by atoms with Crippen molar-refractivity contribution < 1.29 is 9.53 Å². The molecule has 1 aromatic rings. The molecular weight excluding hydrogens is 314 g/mol. The summed E-state index contributed by atoms with van der Waals surface area (Å²) in [5.74, 6) is 0. The van der Waals surface area contributed by atoms with E-state index in [1.54, 1.807) is 6.20 Å². The minimum absolute atomic E-state index is 0.0161. The van der Waals surface area contributed by atoms with Gasteiger partial charge in [-0.15, -0.1) is 0 Å². The maximum atomic E-state index is 12.7. The van der Waals surface area contributed by atoms with E-state index in [-0.39, 0.29) is 12.1 Å². The first-order valence-corrected chi connectivity index (χ1v) is 9.53. The van der Waals surface area contributed by atoms with Crippen LogP contribution in [-0.4, -0.2) is 41.7 Å². The maximum Gasteiger partial charge on any atom is 0.317 e. The summed E-state index contributed by atoms with van der Waals surface area (Å²) in [5, 5.41) is 3.09. The van der Waals surface area contributed by atoms with Gasteiger partial charge in [0.05, 0.1) is 18.3 Å². The Morgan fingerprint density at radius 2 is 2.28 bits per heavy atom. The monoisotopic (exact) mass is 343 g/mol. The lowest BCUT2D eigenvalue weighted by atomic mass is 9.97. The van der Waals surface area contributed by atoms with Crippen LogP contribution in [0, 0.1) is 0 Å². The molecule has 0 spiro atoms. The van der Waals surface area contributed by atoms with E-state index in [9.17, 15) is 4.79 Å². The first-order valence-electron chi connectivity index (χ1n) is 9.53. The second-order valence-electron chi connectivity index (χ2n) is 6.93. The molecule has 0 saturated carbocycles. The molecule has 2 heterocycles. The molecule has 1 unspecified atom stereocenters. The molecular formula is C20H29N3O2. The minimum atomic E-state index is -0.0161. The summed E-state index contributed by atoms with van der Waals surface area (Å²) < 4.78 is 5.72. The van der Waals surface area contributed by atoms with E-state index in [0.717, 1.165) is 31.6 Å². The molecule has 1 aliphatic heterocycles. The van der Waals surface area contributed by atoms with Gasteiger partial charge >= 0.3 is 6.03 Å². The highest BCUT2D eigenvalue weighted by Crippen LogP contribution is 2.19. The predicted molar refractivity (Wildman–Crippen MR) is 98.2 cm³/mol. The predicted octanol–water partition coefficient (Wildman–Crippen LogP) is 3.66. The fourth-order valence-electron chi connectivity index (χ4n) is 3.51. The zero-order valence-electron chi connectivity index (χ0n) is 15.0. The smallest absolute Gasteiger partial charge is 0.317 e. The summed E-state index contributed by atoms with van der Waals surface area (Å²) in [7, 11) is 0. The van der Waals surface area contributed by atoms with Gasteiger partial charge in [0, 0.05) is 25.9 Å². The van der Waals surface area contributed by atoms with Crippen molar-refractivity contribution >= 4 is 6.03 Å². The lowest BCUT2D eigenvalue weighted by molar-refractivity contribution is 0.0792. The number of ether oxygens (including phenoxy) is 1. The fraction of sp³-hybridized carbons (Fsp3) is 0.600. The van der Waals surface area contributed by atoms with E-state index in [0.29, 0.717) is 19.6 Å². The number of carbonyl (C=O) groups excluding carboxylic acids is 1. The van der Waals surface area contributed by atoms with Gasteiger partial charge in [0.15, 0.2) is 0 Å². The molecule has 1 aliphatic carbocycles. The van der Waals surface area contributed by atoms with E-state index in [4.69, 9.17) is 4.74 Å². The Kier molecular flexibility index (Phi) is 6.86. The number of allylic oxidation sites excluding steroid dienone is 1. The Bertz CT molecular complexity index is 568. The summed E-state index contributed by atoms with van der Waals surface area (Å²) in [6, 6.07) is 5.80. The van der Waals surface area contributed by atoms with E-state index >= 15 is 0 Å². The normalized spacial score (nSPS) is 20.2. The van der Waals surface area contributed by atoms with Crippen LogP contribution in [0.15, 0.2) is 36.0 Å². The molecule has 2 aliphatic rings. The third kappa shape index (κ3) is 5.85. The van der Waals surface area contributed by atoms with Gasteiger partial charge in [0.1, 0.15) is 0 Å². The highest BCUT2D eigenvalue weighted by atomic mass is 16.5. The quantitative estimate of drug-likeness (QED) is 0.769. The summed E-state index contributed by atoms with van der Waals surface area (Å²) in [6.45, 7) is 2.66. The van der Waals surface area contributed by atoms with Crippen LogP contribution >= 0.6 is 0 Å². The van der Waals surface area contributed by atoms with Crippen molar-refractivity contribution in [1.82, 2.24) is 15.2 Å². The van der Waals surface area contributed by atoms with E-state index in [2.05, 4.69) is 16.4 Å². The minimum Gasteiger partial charge on any atom is -0.376 e. The molecule has 3 rings (SSSR count). The molecule has 0 aromatic carbocycles. The highest BCUT2D eigenvalue weighted by Gasteiger charge is 2.23. The number of carbonyl (C=O) groups is 1. The SMILES string of the molecule is O=C(NCCC1=CCCCC1)N(Cc1ccccn1)CC1CCCO1. The molecule has 0 bridgehead atoms. The van der Waals surface area contributed by atoms with E-state index in [1.165, 1.54) is 31.3 Å². The Labute approximate surface area is 150 Å². The van der Waals surface area contributed by atoms with Crippen molar-refractivity contribution in [3.8, 4) is 0 Å². The number of nitrogens with one attached hydrogen (secondary N) is 1. The Morgan fingerprint density at radius 3 is 3.00 bits per heavy atom. The molecule has 1 N–H and O–H groups in total. The largest absolute Gasteiger partial charge is 0.376 e. The second kappa shape index (κ2) is 9.56. The van der Waals surface area contributed by atoms with Crippen molar-refractivity contribution in [1.29, 1.82) is 0 Å². The van der Waals surface area contributed by atoms with Crippen LogP contribution in [0.4, 0.5) is 4.79 Å². The number of urea groups is 1. The summed E-state index contributed by atoms with van der Waals surface area (Å²) in [5.41, 5.74) is 2.40. The molecule has 1 fully saturated rings. The van der Waals surface area contributed by atoms with Gasteiger partial charge in [0.2, 0.25) is 0 Å². The van der Waals surface area contributed by atoms with Crippen molar-refractivity contribution in [3.05, 3.63) is 41.7 Å². The standard InChI is InChI=1S/C20H29N3O2/c24-20(22-13-11-17-7-2-1-3-8-17)23(16-19-10-6-14-25-19)15-18-9-4-5-12-21-18/h4-5,7,9,12,19H,1-3,6,8,10-11,13-16H2,(H,22,24). The topological polar surface area (TPSA) is 54.5 Å². The number of hydrogen-bond acceptors (Lipinski definition) is 3. The summed E-state index contributed by atoms with van der Waals surface area (Å²) >= 11 is 0. The lowest BCUT2D eigenvalue weighted by Gasteiger charge is -2.25. The van der Waals surface area contributed by atoms with Gasteiger partial charge in [-0.2, -0.15) is 0 Å². The first-order chi connectivity index (χ1) is 12.3. The van der Waals surface area contributed by atoms with Crippen LogP contribution in [-0.2, 0) is 11.3 Å². The number of amides is 2. The highest BCUT2D eigenvalue weighted by molar-refractivity contribution is 5.74. The molecule has 2 amide bonds. The number of rotatable bonds is 7. The van der Waals surface area contributed by atoms with Crippen molar-refractivity contribution in [2.75, 3.05) is 19.7 Å². The maximum absolute atomic E-state index is 12.7. The Hall–Kier alpha value is -1.88. The van der Waals surface area contributed by atoms with Crippen LogP contribution in [0.3, 0.4) is 0 Å². The van der Waals surface area contributed by atoms with Gasteiger partial charge in [-0.1, -0.05) is 17.7 Å². The van der Waals surface area contributed by atoms with Crippen LogP contribution < -0.4 is 5.32 Å². The molecule has 1 aromatic heterocycles. The van der Waals surface area contributed by atoms with E-state index < -0.39 is 0 Å². The van der Waals surface area contributed by atoms with E-state index in [1.807, 2.05) is 23.1 Å². The van der Waals surface area contributed by atoms with Gasteiger partial charge in [-0.3, -0.25) is 4.98 Å². The number of nitrogens with zero attached hydrogens (tertiary/aromatic N) is 2. The fourth-order valence-corrected chi connectivity index (χ4v) is 3.51. The molecule has 1 saturated heterocycles. The van der Waals surface area contributed by atoms with Crippen molar-refractivity contribution in [2.24, 2.45) is 0 Å². The number of hydrogen-bond donors (Lipinski definition) is 1. The lowest BCUT2D eigenvalue weighted by Crippen LogP contribution is -2.43. The van der Waals surface area contributed by atoms with Gasteiger partial charge < -0.3 is 15.0 Å². The van der Waals surface area contributed by atoms with Crippen LogP contribution in [0.2, 0.25) is 0 Å². The summed E-state index contributed by atoms with van der Waals surface area (Å²) in [6.07, 6.45) is 12.3. The molecule has 5 nitrogen and oxygen atoms in total. The van der Waals surface area contributed by atoms with Crippen LogP contribution in [0.5, 0.6) is 0 Å². The third-order valence-electron chi connectivity index (χ3n) is 4.92. The average molecular weight is 343 g/mol. The molecule has 136 valence electrons. The van der Waals surface area contributed by atoms with Crippen molar-refractivity contribution in [3.63, 3.8) is 0 Å². The molecule has 5 heteroatoms. The van der Waals surface area contributed by atoms with Crippen LogP contribution in [0.25, 0.3) is 0 Å². The first kappa shape index (κ1) is 17.9. The number of aromatic nitrogens is 1. The van der Waals surface area contributed by atoms with Crippen LogP contribution in [0.1, 0.15) is 50.6 Å². The second-order valence-corrected chi connectivity index (χ2v) is 6.93. The molecule has 1 atom stereocenters. The zero-order chi connectivity index (χ0) is 17.3. The molecule has 25 heavy (non-hydrogen) atoms. The number of pyridine rings is 1. The summed E-state index contributed by atoms with van der Waals surface area (Å²) in [4.78, 5) is 18.9. The zero-order valence-corrected chi connectivity index (χ0v) is 15.0. The van der Waals surface area contributed by atoms with Gasteiger partial charge in [0.25, 0.3) is 0 Å². The Morgan fingerprint density at radius 1 is 1.32 bits per heavy atom. The van der Waals surface area contributed by atoms with Crippen molar-refractivity contribution in [2.45, 2.75) is 57.6 Å². The van der Waals surface area contributed by atoms with Gasteiger partial charge in [-0.25, -0.2) is 4.79 Å². The average Bonchev–Trinajstić information content (AvgIpc) is 3.16. The Balaban J connectivity index is 1.52.